The van der Waals surface area contributed by atoms with Gasteiger partial charge in [0.1, 0.15) is 0 Å². The van der Waals surface area contributed by atoms with Crippen LogP contribution in [0.25, 0.3) is 0 Å². The van der Waals surface area contributed by atoms with E-state index in [1.165, 1.54) is 7.11 Å². The monoisotopic (exact) mass is 238 g/mol. The minimum atomic E-state index is -4.47. The van der Waals surface area contributed by atoms with E-state index in [-0.39, 0.29) is 31.8 Å². The summed E-state index contributed by atoms with van der Waals surface area (Å²) in [6, 6.07) is 0. The Morgan fingerprint density at radius 2 is 2.12 bits per heavy atom. The third-order valence-electron chi connectivity index (χ3n) is 1.96. The van der Waals surface area contributed by atoms with E-state index in [9.17, 15) is 13.2 Å². The largest absolute Gasteiger partial charge is 0.434 e. The predicted octanol–water partition coefficient (Wildman–Crippen LogP) is 0.445. The van der Waals surface area contributed by atoms with E-state index >= 15 is 0 Å². The van der Waals surface area contributed by atoms with Gasteiger partial charge in [0.25, 0.3) is 0 Å². The number of aromatic nitrogens is 3. The number of nitrogens with two attached hydrogens (primary N) is 1. The minimum absolute atomic E-state index is 0.0168. The minimum Gasteiger partial charge on any atom is -0.383 e. The number of halogens is 3. The molecule has 0 aliphatic rings. The first-order valence-electron chi connectivity index (χ1n) is 4.69. The molecule has 0 fully saturated rings. The van der Waals surface area contributed by atoms with Crippen LogP contribution in [0.4, 0.5) is 13.2 Å². The van der Waals surface area contributed by atoms with Crippen LogP contribution in [-0.2, 0) is 23.9 Å². The number of hydrogen-bond donors (Lipinski definition) is 1. The molecule has 0 aliphatic heterocycles. The summed E-state index contributed by atoms with van der Waals surface area (Å²) in [4.78, 5) is 0. The van der Waals surface area contributed by atoms with E-state index in [0.717, 1.165) is 4.68 Å². The summed E-state index contributed by atoms with van der Waals surface area (Å²) in [6.45, 7) is 0.267. The number of nitrogens with zero attached hydrogens (tertiary/aromatic N) is 3. The van der Waals surface area contributed by atoms with Crippen molar-refractivity contribution < 1.29 is 17.9 Å². The van der Waals surface area contributed by atoms with Gasteiger partial charge >= 0.3 is 6.18 Å². The zero-order valence-corrected chi connectivity index (χ0v) is 8.79. The molecule has 0 saturated carbocycles. The second-order valence-corrected chi connectivity index (χ2v) is 3.14. The number of alkyl halides is 3. The summed E-state index contributed by atoms with van der Waals surface area (Å²) in [5.41, 5.74) is 4.26. The zero-order valence-electron chi connectivity index (χ0n) is 8.79. The third kappa shape index (κ3) is 2.92. The van der Waals surface area contributed by atoms with Crippen LogP contribution in [-0.4, -0.2) is 35.3 Å². The van der Waals surface area contributed by atoms with Crippen LogP contribution < -0.4 is 5.73 Å². The summed E-state index contributed by atoms with van der Waals surface area (Å²) in [5, 5.41) is 6.93. The molecule has 0 aromatic carbocycles. The summed E-state index contributed by atoms with van der Waals surface area (Å²) >= 11 is 0. The van der Waals surface area contributed by atoms with Crippen molar-refractivity contribution in [1.82, 2.24) is 15.0 Å². The van der Waals surface area contributed by atoms with Gasteiger partial charge in [-0.2, -0.15) is 13.2 Å². The average Bonchev–Trinajstić information content (AvgIpc) is 2.58. The Morgan fingerprint density at radius 1 is 1.44 bits per heavy atom. The second kappa shape index (κ2) is 5.26. The molecule has 0 spiro atoms. The quantitative estimate of drug-likeness (QED) is 0.808. The van der Waals surface area contributed by atoms with Gasteiger partial charge in [-0.05, 0) is 6.54 Å². The molecule has 0 atom stereocenters. The molecule has 2 N–H and O–H groups in total. The van der Waals surface area contributed by atoms with Gasteiger partial charge in [-0.25, -0.2) is 4.68 Å². The molecule has 1 aromatic rings. The molecule has 0 aliphatic carbocycles. The highest BCUT2D eigenvalue weighted by atomic mass is 19.4. The molecule has 0 radical (unpaired) electrons. The molecular formula is C8H13F3N4O. The highest BCUT2D eigenvalue weighted by molar-refractivity contribution is 5.14. The van der Waals surface area contributed by atoms with Crippen LogP contribution in [0.3, 0.4) is 0 Å². The highest BCUT2D eigenvalue weighted by Gasteiger charge is 2.38. The first kappa shape index (κ1) is 12.9. The Kier molecular flexibility index (Phi) is 4.25. The van der Waals surface area contributed by atoms with Crippen LogP contribution in [0.15, 0.2) is 0 Å². The van der Waals surface area contributed by atoms with Gasteiger partial charge in [0.2, 0.25) is 0 Å². The van der Waals surface area contributed by atoms with Gasteiger partial charge in [0, 0.05) is 13.5 Å². The number of ether oxygens (including phenoxy) is 1. The molecule has 16 heavy (non-hydrogen) atoms. The van der Waals surface area contributed by atoms with Gasteiger partial charge in [-0.3, -0.25) is 0 Å². The van der Waals surface area contributed by atoms with Crippen molar-refractivity contribution in [3.8, 4) is 0 Å². The van der Waals surface area contributed by atoms with Crippen LogP contribution in [0, 0.1) is 0 Å². The van der Waals surface area contributed by atoms with Crippen molar-refractivity contribution in [2.24, 2.45) is 5.73 Å². The van der Waals surface area contributed by atoms with Gasteiger partial charge in [0.15, 0.2) is 5.69 Å². The first-order chi connectivity index (χ1) is 7.50. The molecule has 92 valence electrons. The third-order valence-corrected chi connectivity index (χ3v) is 1.96. The van der Waals surface area contributed by atoms with Gasteiger partial charge < -0.3 is 10.5 Å². The van der Waals surface area contributed by atoms with E-state index in [1.807, 2.05) is 0 Å². The van der Waals surface area contributed by atoms with Crippen molar-refractivity contribution in [2.45, 2.75) is 19.1 Å². The molecular weight excluding hydrogens is 225 g/mol. The van der Waals surface area contributed by atoms with Crippen LogP contribution in [0.2, 0.25) is 0 Å². The van der Waals surface area contributed by atoms with Gasteiger partial charge in [0.05, 0.1) is 18.8 Å². The van der Waals surface area contributed by atoms with Crippen molar-refractivity contribution >= 4 is 0 Å². The fourth-order valence-electron chi connectivity index (χ4n) is 1.30. The lowest BCUT2D eigenvalue weighted by Gasteiger charge is -2.10. The summed E-state index contributed by atoms with van der Waals surface area (Å²) in [5.74, 6) is 0. The molecule has 1 heterocycles. The Labute approximate surface area is 90.4 Å². The maximum atomic E-state index is 12.7. The normalized spacial score (nSPS) is 12.1. The van der Waals surface area contributed by atoms with Crippen LogP contribution in [0.5, 0.6) is 0 Å². The van der Waals surface area contributed by atoms with Crippen LogP contribution in [0.1, 0.15) is 11.4 Å². The fraction of sp³-hybridized carbons (Fsp3) is 0.750. The van der Waals surface area contributed by atoms with E-state index in [0.29, 0.717) is 0 Å². The molecule has 5 nitrogen and oxygen atoms in total. The van der Waals surface area contributed by atoms with Crippen molar-refractivity contribution in [3.63, 3.8) is 0 Å². The van der Waals surface area contributed by atoms with E-state index < -0.39 is 11.9 Å². The molecule has 0 unspecified atom stereocenters. The molecule has 0 bridgehead atoms. The van der Waals surface area contributed by atoms with Crippen molar-refractivity contribution in [2.75, 3.05) is 20.3 Å². The lowest BCUT2D eigenvalue weighted by molar-refractivity contribution is -0.145. The van der Waals surface area contributed by atoms with Crippen LogP contribution >= 0.6 is 0 Å². The van der Waals surface area contributed by atoms with E-state index in [2.05, 4.69) is 10.3 Å². The Balaban J connectivity index is 2.99. The zero-order chi connectivity index (χ0) is 12.2. The topological polar surface area (TPSA) is 66.0 Å². The van der Waals surface area contributed by atoms with Crippen molar-refractivity contribution in [1.29, 1.82) is 0 Å². The van der Waals surface area contributed by atoms with Gasteiger partial charge in [-0.1, -0.05) is 5.21 Å². The predicted molar refractivity (Wildman–Crippen MR) is 49.7 cm³/mol. The van der Waals surface area contributed by atoms with E-state index in [4.69, 9.17) is 10.5 Å². The number of rotatable bonds is 5. The molecule has 0 amide bonds. The van der Waals surface area contributed by atoms with E-state index in [1.54, 1.807) is 0 Å². The lowest BCUT2D eigenvalue weighted by Crippen LogP contribution is -2.19. The maximum Gasteiger partial charge on any atom is 0.434 e. The van der Waals surface area contributed by atoms with Gasteiger partial charge in [-0.15, -0.1) is 5.10 Å². The lowest BCUT2D eigenvalue weighted by atomic mass is 10.2. The maximum absolute atomic E-state index is 12.7. The summed E-state index contributed by atoms with van der Waals surface area (Å²) in [6.07, 6.45) is -4.41. The Morgan fingerprint density at radius 3 is 2.62 bits per heavy atom. The second-order valence-electron chi connectivity index (χ2n) is 3.14. The SMILES string of the molecule is COCCn1nnc(CCN)c1C(F)(F)F. The Bertz CT molecular complexity index is 337. The average molecular weight is 238 g/mol. The fourth-order valence-corrected chi connectivity index (χ4v) is 1.30. The standard InChI is InChI=1S/C8H13F3N4O/c1-16-5-4-15-7(8(9,10)11)6(2-3-12)13-14-15/h2-5,12H2,1H3. The highest BCUT2D eigenvalue weighted by Crippen LogP contribution is 2.31. The molecule has 1 rings (SSSR count). The number of methoxy groups -OCH3 is 1. The number of hydrogen-bond acceptors (Lipinski definition) is 4. The Hall–Kier alpha value is -1.15. The smallest absolute Gasteiger partial charge is 0.383 e. The molecule has 8 heteroatoms. The molecule has 0 saturated heterocycles. The first-order valence-corrected chi connectivity index (χ1v) is 4.69. The molecule has 1 aromatic heterocycles. The summed E-state index contributed by atoms with van der Waals surface area (Å²) in [7, 11) is 1.41. The summed E-state index contributed by atoms with van der Waals surface area (Å²) < 4.78 is 43.6. The van der Waals surface area contributed by atoms with Crippen molar-refractivity contribution in [3.05, 3.63) is 11.4 Å².